The van der Waals surface area contributed by atoms with E-state index >= 15 is 0 Å². The van der Waals surface area contributed by atoms with E-state index in [-0.39, 0.29) is 5.92 Å². The van der Waals surface area contributed by atoms with Crippen molar-refractivity contribution in [3.63, 3.8) is 0 Å². The number of hydrogen-bond acceptors (Lipinski definition) is 2. The van der Waals surface area contributed by atoms with Crippen LogP contribution >= 0.6 is 0 Å². The van der Waals surface area contributed by atoms with E-state index in [0.29, 0.717) is 18.5 Å². The van der Waals surface area contributed by atoms with Crippen LogP contribution in [0.3, 0.4) is 0 Å². The highest BCUT2D eigenvalue weighted by Gasteiger charge is 2.23. The van der Waals surface area contributed by atoms with Gasteiger partial charge in [0.15, 0.2) is 11.6 Å². The van der Waals surface area contributed by atoms with Gasteiger partial charge in [-0.1, -0.05) is 19.1 Å². The van der Waals surface area contributed by atoms with Crippen LogP contribution in [0.1, 0.15) is 24.8 Å². The fourth-order valence-corrected chi connectivity index (χ4v) is 2.00. The summed E-state index contributed by atoms with van der Waals surface area (Å²) in [7, 11) is 0. The normalized spacial score (nSPS) is 16.8. The van der Waals surface area contributed by atoms with E-state index in [1.807, 2.05) is 6.92 Å². The third-order valence-corrected chi connectivity index (χ3v) is 2.80. The van der Waals surface area contributed by atoms with Crippen LogP contribution in [0.25, 0.3) is 0 Å². The monoisotopic (exact) mass is 224 g/mol. The first kappa shape index (κ1) is 11.0. The maximum Gasteiger partial charge on any atom is 0.162 e. The van der Waals surface area contributed by atoms with Crippen LogP contribution in [0, 0.1) is 11.6 Å². The molecule has 86 valence electrons. The first-order chi connectivity index (χ1) is 7.74. The molecule has 1 aromatic carbocycles. The highest BCUT2D eigenvalue weighted by molar-refractivity contribution is 5.90. The van der Waals surface area contributed by atoms with Gasteiger partial charge in [0.2, 0.25) is 0 Å². The largest absolute Gasteiger partial charge is 0.371 e. The highest BCUT2D eigenvalue weighted by Crippen LogP contribution is 2.25. The van der Waals surface area contributed by atoms with Crippen molar-refractivity contribution in [2.24, 2.45) is 4.99 Å². The van der Waals surface area contributed by atoms with Crippen LogP contribution in [0.5, 0.6) is 0 Å². The zero-order valence-corrected chi connectivity index (χ0v) is 9.13. The SMILES string of the molecule is CCC(C1=NCCN1)c1cccc(F)c1F. The van der Waals surface area contributed by atoms with Crippen molar-refractivity contribution in [3.8, 4) is 0 Å². The maximum atomic E-state index is 13.6. The smallest absolute Gasteiger partial charge is 0.162 e. The van der Waals surface area contributed by atoms with Gasteiger partial charge in [-0.15, -0.1) is 0 Å². The maximum absolute atomic E-state index is 13.6. The van der Waals surface area contributed by atoms with Gasteiger partial charge >= 0.3 is 0 Å². The van der Waals surface area contributed by atoms with Crippen LogP contribution in [-0.2, 0) is 0 Å². The Morgan fingerprint density at radius 1 is 1.44 bits per heavy atom. The quantitative estimate of drug-likeness (QED) is 0.838. The minimum absolute atomic E-state index is 0.168. The number of halogens is 2. The van der Waals surface area contributed by atoms with E-state index in [4.69, 9.17) is 0 Å². The van der Waals surface area contributed by atoms with Gasteiger partial charge in [0.25, 0.3) is 0 Å². The lowest BCUT2D eigenvalue weighted by Gasteiger charge is -2.16. The summed E-state index contributed by atoms with van der Waals surface area (Å²) in [6.45, 7) is 3.43. The molecule has 0 radical (unpaired) electrons. The average Bonchev–Trinajstić information content (AvgIpc) is 2.79. The molecule has 1 aliphatic rings. The lowest BCUT2D eigenvalue weighted by Crippen LogP contribution is -2.26. The average molecular weight is 224 g/mol. The number of benzene rings is 1. The molecule has 0 amide bonds. The molecule has 0 spiro atoms. The van der Waals surface area contributed by atoms with Crippen LogP contribution in [0.15, 0.2) is 23.2 Å². The van der Waals surface area contributed by atoms with Gasteiger partial charge in [0, 0.05) is 18.0 Å². The molecule has 1 heterocycles. The zero-order valence-electron chi connectivity index (χ0n) is 9.13. The number of rotatable bonds is 3. The molecule has 1 aliphatic heterocycles. The second-order valence-corrected chi connectivity index (χ2v) is 3.80. The van der Waals surface area contributed by atoms with Crippen molar-refractivity contribution < 1.29 is 8.78 Å². The molecule has 1 atom stereocenters. The summed E-state index contributed by atoms with van der Waals surface area (Å²) < 4.78 is 26.8. The van der Waals surface area contributed by atoms with Crippen LogP contribution in [-0.4, -0.2) is 18.9 Å². The van der Waals surface area contributed by atoms with Crippen molar-refractivity contribution in [2.45, 2.75) is 19.3 Å². The van der Waals surface area contributed by atoms with E-state index in [2.05, 4.69) is 10.3 Å². The molecule has 0 saturated carbocycles. The fourth-order valence-electron chi connectivity index (χ4n) is 2.00. The summed E-state index contributed by atoms with van der Waals surface area (Å²) in [5.41, 5.74) is 0.385. The lowest BCUT2D eigenvalue weighted by atomic mass is 9.94. The van der Waals surface area contributed by atoms with Crippen molar-refractivity contribution in [1.82, 2.24) is 5.32 Å². The number of aliphatic imine (C=N–C) groups is 1. The fraction of sp³-hybridized carbons (Fsp3) is 0.417. The Hall–Kier alpha value is -1.45. The number of amidine groups is 1. The molecule has 0 fully saturated rings. The second kappa shape index (κ2) is 4.60. The van der Waals surface area contributed by atoms with Crippen molar-refractivity contribution in [2.75, 3.05) is 13.1 Å². The Balaban J connectivity index is 2.36. The first-order valence-corrected chi connectivity index (χ1v) is 5.46. The van der Waals surface area contributed by atoms with E-state index in [0.717, 1.165) is 18.4 Å². The Kier molecular flexibility index (Phi) is 3.17. The predicted octanol–water partition coefficient (Wildman–Crippen LogP) is 2.46. The summed E-state index contributed by atoms with van der Waals surface area (Å²) in [6, 6.07) is 4.29. The summed E-state index contributed by atoms with van der Waals surface area (Å²) in [4.78, 5) is 4.27. The third-order valence-electron chi connectivity index (χ3n) is 2.80. The number of nitrogens with one attached hydrogen (secondary N) is 1. The summed E-state index contributed by atoms with van der Waals surface area (Å²) in [5, 5.41) is 3.11. The summed E-state index contributed by atoms with van der Waals surface area (Å²) in [5.74, 6) is -0.953. The molecule has 2 rings (SSSR count). The number of hydrogen-bond donors (Lipinski definition) is 1. The van der Waals surface area contributed by atoms with E-state index in [9.17, 15) is 8.78 Å². The molecule has 0 bridgehead atoms. The van der Waals surface area contributed by atoms with Crippen LogP contribution < -0.4 is 5.32 Å². The van der Waals surface area contributed by atoms with E-state index in [1.54, 1.807) is 6.07 Å². The first-order valence-electron chi connectivity index (χ1n) is 5.46. The molecule has 1 N–H and O–H groups in total. The molecular weight excluding hydrogens is 210 g/mol. The molecule has 4 heteroatoms. The van der Waals surface area contributed by atoms with Gasteiger partial charge in [0.05, 0.1) is 6.54 Å². The molecule has 0 aliphatic carbocycles. The Morgan fingerprint density at radius 2 is 2.25 bits per heavy atom. The van der Waals surface area contributed by atoms with Gasteiger partial charge in [-0.05, 0) is 12.5 Å². The molecule has 2 nitrogen and oxygen atoms in total. The topological polar surface area (TPSA) is 24.4 Å². The van der Waals surface area contributed by atoms with Crippen molar-refractivity contribution in [1.29, 1.82) is 0 Å². The molecule has 0 saturated heterocycles. The van der Waals surface area contributed by atoms with E-state index in [1.165, 1.54) is 6.07 Å². The molecule has 0 aromatic heterocycles. The van der Waals surface area contributed by atoms with Crippen molar-refractivity contribution >= 4 is 5.84 Å². The molecular formula is C12H14F2N2. The molecule has 1 aromatic rings. The minimum Gasteiger partial charge on any atom is -0.371 e. The Bertz CT molecular complexity index is 415. The van der Waals surface area contributed by atoms with Gasteiger partial charge in [-0.25, -0.2) is 8.78 Å². The van der Waals surface area contributed by atoms with E-state index < -0.39 is 11.6 Å². The number of nitrogens with zero attached hydrogens (tertiary/aromatic N) is 1. The van der Waals surface area contributed by atoms with Gasteiger partial charge < -0.3 is 5.32 Å². The van der Waals surface area contributed by atoms with Gasteiger partial charge in [0.1, 0.15) is 5.84 Å². The Labute approximate surface area is 93.4 Å². The van der Waals surface area contributed by atoms with Gasteiger partial charge in [-0.2, -0.15) is 0 Å². The summed E-state index contributed by atoms with van der Waals surface area (Å²) >= 11 is 0. The predicted molar refractivity (Wildman–Crippen MR) is 59.7 cm³/mol. The minimum atomic E-state index is -0.797. The highest BCUT2D eigenvalue weighted by atomic mass is 19.2. The Morgan fingerprint density at radius 3 is 2.88 bits per heavy atom. The molecule has 1 unspecified atom stereocenters. The third kappa shape index (κ3) is 1.92. The van der Waals surface area contributed by atoms with Crippen LogP contribution in [0.2, 0.25) is 0 Å². The second-order valence-electron chi connectivity index (χ2n) is 3.80. The summed E-state index contributed by atoms with van der Waals surface area (Å²) in [6.07, 6.45) is 0.701. The van der Waals surface area contributed by atoms with Crippen molar-refractivity contribution in [3.05, 3.63) is 35.4 Å². The van der Waals surface area contributed by atoms with Crippen LogP contribution in [0.4, 0.5) is 8.78 Å². The van der Waals surface area contributed by atoms with Gasteiger partial charge in [-0.3, -0.25) is 4.99 Å². The molecule has 16 heavy (non-hydrogen) atoms. The standard InChI is InChI=1S/C12H14F2N2/c1-2-8(12-15-6-7-16-12)9-4-3-5-10(13)11(9)14/h3-5,8H,2,6-7H2,1H3,(H,15,16). The zero-order chi connectivity index (χ0) is 11.5. The lowest BCUT2D eigenvalue weighted by molar-refractivity contribution is 0.495.